The van der Waals surface area contributed by atoms with E-state index in [0.717, 1.165) is 18.5 Å². The molecule has 1 unspecified atom stereocenters. The highest BCUT2D eigenvalue weighted by atomic mass is 16.6. The molecule has 0 spiro atoms. The molecule has 0 saturated carbocycles. The maximum Gasteiger partial charge on any atom is 0.415 e. The van der Waals surface area contributed by atoms with E-state index in [1.807, 2.05) is 18.2 Å². The molecule has 2 aromatic rings. The maximum atomic E-state index is 12.3. The number of pyridine rings is 1. The van der Waals surface area contributed by atoms with Gasteiger partial charge >= 0.3 is 6.09 Å². The Morgan fingerprint density at radius 1 is 1.25 bits per heavy atom. The molecule has 1 aliphatic rings. The van der Waals surface area contributed by atoms with Gasteiger partial charge in [-0.15, -0.1) is 0 Å². The van der Waals surface area contributed by atoms with Crippen molar-refractivity contribution in [3.63, 3.8) is 0 Å². The molecule has 2 heterocycles. The quantitative estimate of drug-likeness (QED) is 0.637. The molecule has 1 fully saturated rings. The van der Waals surface area contributed by atoms with Gasteiger partial charge in [-0.05, 0) is 31.0 Å². The number of aromatic nitrogens is 1. The number of para-hydroxylation sites is 1. The highest BCUT2D eigenvalue weighted by molar-refractivity contribution is 5.70. The highest BCUT2D eigenvalue weighted by Gasteiger charge is 2.27. The van der Waals surface area contributed by atoms with Gasteiger partial charge in [0, 0.05) is 30.8 Å². The Labute approximate surface area is 139 Å². The van der Waals surface area contributed by atoms with Crippen molar-refractivity contribution in [1.82, 2.24) is 9.88 Å². The summed E-state index contributed by atoms with van der Waals surface area (Å²) < 4.78 is 5.37. The minimum Gasteiger partial charge on any atom is -0.410 e. The lowest BCUT2D eigenvalue weighted by atomic mass is 9.94. The van der Waals surface area contributed by atoms with Gasteiger partial charge in [0.2, 0.25) is 0 Å². The number of nitrogens with zero attached hydrogens (tertiary/aromatic N) is 3. The molecule has 0 N–H and O–H groups in total. The lowest BCUT2D eigenvalue weighted by Gasteiger charge is -2.31. The molecular formula is C17H17N3O4. The van der Waals surface area contributed by atoms with Gasteiger partial charge in [0.15, 0.2) is 0 Å². The summed E-state index contributed by atoms with van der Waals surface area (Å²) in [5.41, 5.74) is 0.729. The third-order valence-corrected chi connectivity index (χ3v) is 4.03. The van der Waals surface area contributed by atoms with Gasteiger partial charge in [0.05, 0.1) is 4.92 Å². The van der Waals surface area contributed by atoms with Gasteiger partial charge in [-0.2, -0.15) is 0 Å². The van der Waals surface area contributed by atoms with E-state index >= 15 is 0 Å². The van der Waals surface area contributed by atoms with Gasteiger partial charge in [0.1, 0.15) is 11.9 Å². The fourth-order valence-electron chi connectivity index (χ4n) is 2.79. The number of carbonyl (C=O) groups is 1. The number of ether oxygens (including phenoxy) is 1. The van der Waals surface area contributed by atoms with Crippen molar-refractivity contribution in [1.29, 1.82) is 0 Å². The van der Waals surface area contributed by atoms with Crippen LogP contribution in [0.1, 0.15) is 24.5 Å². The van der Waals surface area contributed by atoms with Crippen LogP contribution in [0.3, 0.4) is 0 Å². The second kappa shape index (κ2) is 7.08. The maximum absolute atomic E-state index is 12.3. The molecule has 7 heteroatoms. The van der Waals surface area contributed by atoms with Crippen molar-refractivity contribution in [2.75, 3.05) is 13.1 Å². The summed E-state index contributed by atoms with van der Waals surface area (Å²) in [6, 6.07) is 12.0. The molecule has 124 valence electrons. The van der Waals surface area contributed by atoms with E-state index in [2.05, 4.69) is 4.98 Å². The van der Waals surface area contributed by atoms with Crippen LogP contribution in [0.2, 0.25) is 0 Å². The average Bonchev–Trinajstić information content (AvgIpc) is 2.63. The molecule has 1 aliphatic heterocycles. The monoisotopic (exact) mass is 327 g/mol. The second-order valence-corrected chi connectivity index (χ2v) is 5.66. The number of nitro groups is 1. The van der Waals surface area contributed by atoms with Gasteiger partial charge in [-0.25, -0.2) is 4.79 Å². The van der Waals surface area contributed by atoms with Crippen LogP contribution in [-0.4, -0.2) is 34.0 Å². The average molecular weight is 327 g/mol. The number of amides is 1. The van der Waals surface area contributed by atoms with Crippen molar-refractivity contribution in [3.05, 3.63) is 64.5 Å². The summed E-state index contributed by atoms with van der Waals surface area (Å²) in [4.78, 5) is 28.3. The third kappa shape index (κ3) is 3.68. The first-order chi connectivity index (χ1) is 11.6. The van der Waals surface area contributed by atoms with E-state index in [4.69, 9.17) is 4.74 Å². The molecule has 1 amide bonds. The Morgan fingerprint density at radius 2 is 2.04 bits per heavy atom. The number of piperidine rings is 1. The number of hydrogen-bond acceptors (Lipinski definition) is 5. The van der Waals surface area contributed by atoms with Crippen LogP contribution in [0, 0.1) is 10.1 Å². The van der Waals surface area contributed by atoms with Crippen molar-refractivity contribution >= 4 is 11.8 Å². The summed E-state index contributed by atoms with van der Waals surface area (Å²) in [5.74, 6) is 0.570. The first-order valence-electron chi connectivity index (χ1n) is 7.75. The molecule has 1 aromatic carbocycles. The molecule has 3 rings (SSSR count). The summed E-state index contributed by atoms with van der Waals surface area (Å²) >= 11 is 0. The largest absolute Gasteiger partial charge is 0.415 e. The fraction of sp³-hybridized carbons (Fsp3) is 0.294. The molecule has 1 saturated heterocycles. The molecule has 0 aliphatic carbocycles. The van der Waals surface area contributed by atoms with E-state index in [1.165, 1.54) is 12.3 Å². The highest BCUT2D eigenvalue weighted by Crippen LogP contribution is 2.27. The van der Waals surface area contributed by atoms with Crippen molar-refractivity contribution in [3.8, 4) is 5.75 Å². The normalized spacial score (nSPS) is 17.3. The van der Waals surface area contributed by atoms with Gasteiger partial charge in [-0.3, -0.25) is 15.1 Å². The van der Waals surface area contributed by atoms with Crippen LogP contribution >= 0.6 is 0 Å². The van der Waals surface area contributed by atoms with E-state index < -0.39 is 4.92 Å². The molecule has 0 bridgehead atoms. The van der Waals surface area contributed by atoms with Crippen LogP contribution in [0.25, 0.3) is 0 Å². The minimum absolute atomic E-state index is 0.0325. The Hall–Kier alpha value is -2.96. The summed E-state index contributed by atoms with van der Waals surface area (Å²) in [6.45, 7) is 1.13. The summed E-state index contributed by atoms with van der Waals surface area (Å²) in [5, 5.41) is 10.7. The Bertz CT molecular complexity index is 718. The molecule has 0 radical (unpaired) electrons. The number of carbonyl (C=O) groups excluding carboxylic acids is 1. The molecule has 1 atom stereocenters. The zero-order valence-electron chi connectivity index (χ0n) is 13.0. The number of benzene rings is 1. The Balaban J connectivity index is 1.65. The van der Waals surface area contributed by atoms with Crippen molar-refractivity contribution in [2.45, 2.75) is 18.8 Å². The molecule has 24 heavy (non-hydrogen) atoms. The van der Waals surface area contributed by atoms with Gasteiger partial charge in [0.25, 0.3) is 5.69 Å². The van der Waals surface area contributed by atoms with Crippen LogP contribution in [0.15, 0.2) is 48.7 Å². The Morgan fingerprint density at radius 3 is 2.71 bits per heavy atom. The smallest absolute Gasteiger partial charge is 0.410 e. The van der Waals surface area contributed by atoms with E-state index in [0.29, 0.717) is 18.8 Å². The van der Waals surface area contributed by atoms with E-state index in [-0.39, 0.29) is 17.7 Å². The molecule has 7 nitrogen and oxygen atoms in total. The molecule has 1 aromatic heterocycles. The van der Waals surface area contributed by atoms with Crippen LogP contribution in [0.5, 0.6) is 5.75 Å². The van der Waals surface area contributed by atoms with Crippen LogP contribution in [-0.2, 0) is 0 Å². The fourth-order valence-corrected chi connectivity index (χ4v) is 2.79. The standard InChI is InChI=1S/C17H17N3O4/c21-17(24-15-6-2-1-3-7-15)19-10-4-5-13(12-19)16-9-8-14(11-18-16)20(22)23/h1-3,6-9,11,13H,4-5,10,12H2. The molecular weight excluding hydrogens is 310 g/mol. The van der Waals surface area contributed by atoms with Crippen LogP contribution < -0.4 is 4.74 Å². The predicted octanol–water partition coefficient (Wildman–Crippen LogP) is 3.37. The van der Waals surface area contributed by atoms with Crippen LogP contribution in [0.4, 0.5) is 10.5 Å². The van der Waals surface area contributed by atoms with Gasteiger partial charge < -0.3 is 9.64 Å². The van der Waals surface area contributed by atoms with E-state index in [1.54, 1.807) is 23.1 Å². The second-order valence-electron chi connectivity index (χ2n) is 5.66. The Kier molecular flexibility index (Phi) is 4.69. The van der Waals surface area contributed by atoms with Gasteiger partial charge in [-0.1, -0.05) is 18.2 Å². The van der Waals surface area contributed by atoms with E-state index in [9.17, 15) is 14.9 Å². The first-order valence-corrected chi connectivity index (χ1v) is 7.75. The number of hydrogen-bond donors (Lipinski definition) is 0. The zero-order valence-corrected chi connectivity index (χ0v) is 13.0. The van der Waals surface area contributed by atoms with Crippen molar-refractivity contribution < 1.29 is 14.5 Å². The predicted molar refractivity (Wildman–Crippen MR) is 86.9 cm³/mol. The lowest BCUT2D eigenvalue weighted by molar-refractivity contribution is -0.385. The first kappa shape index (κ1) is 15.9. The summed E-state index contributed by atoms with van der Waals surface area (Å²) in [7, 11) is 0. The third-order valence-electron chi connectivity index (χ3n) is 4.03. The number of likely N-dealkylation sites (tertiary alicyclic amines) is 1. The minimum atomic E-state index is -0.471. The SMILES string of the molecule is O=C(Oc1ccccc1)N1CCCC(c2ccc([N+](=O)[O-])cn2)C1. The lowest BCUT2D eigenvalue weighted by Crippen LogP contribution is -2.40. The van der Waals surface area contributed by atoms with Crippen molar-refractivity contribution in [2.24, 2.45) is 0 Å². The zero-order chi connectivity index (χ0) is 16.9. The topological polar surface area (TPSA) is 85.6 Å². The number of rotatable bonds is 3. The summed E-state index contributed by atoms with van der Waals surface area (Å²) in [6.07, 6.45) is 2.61.